The van der Waals surface area contributed by atoms with Crippen molar-refractivity contribution in [2.45, 2.75) is 26.3 Å². The van der Waals surface area contributed by atoms with Gasteiger partial charge in [-0.1, -0.05) is 0 Å². The summed E-state index contributed by atoms with van der Waals surface area (Å²) in [5, 5.41) is 4.67. The minimum Gasteiger partial charge on any atom is -0.497 e. The second-order valence-electron chi connectivity index (χ2n) is 8.03. The Morgan fingerprint density at radius 1 is 1.10 bits per heavy atom. The van der Waals surface area contributed by atoms with E-state index in [4.69, 9.17) is 4.74 Å². The van der Waals surface area contributed by atoms with Gasteiger partial charge in [0.2, 0.25) is 0 Å². The minimum atomic E-state index is -2.96. The van der Waals surface area contributed by atoms with Gasteiger partial charge in [-0.2, -0.15) is 5.10 Å². The lowest BCUT2D eigenvalue weighted by molar-refractivity contribution is 0.0746. The summed E-state index contributed by atoms with van der Waals surface area (Å²) < 4.78 is 30.8. The molecule has 2 fully saturated rings. The minimum absolute atomic E-state index is 0.0256. The Morgan fingerprint density at radius 3 is 2.33 bits per heavy atom. The van der Waals surface area contributed by atoms with Crippen LogP contribution in [0.15, 0.2) is 24.3 Å². The summed E-state index contributed by atoms with van der Waals surface area (Å²) in [6, 6.07) is 7.10. The number of piperazine rings is 1. The third kappa shape index (κ3) is 3.90. The highest BCUT2D eigenvalue weighted by Crippen LogP contribution is 2.31. The normalized spacial score (nSPS) is 21.1. The van der Waals surface area contributed by atoms with E-state index in [-0.39, 0.29) is 23.5 Å². The van der Waals surface area contributed by atoms with Gasteiger partial charge >= 0.3 is 0 Å². The highest BCUT2D eigenvalue weighted by molar-refractivity contribution is 7.91. The number of anilines is 1. The quantitative estimate of drug-likeness (QED) is 0.733. The van der Waals surface area contributed by atoms with Crippen LogP contribution in [0.1, 0.15) is 34.2 Å². The van der Waals surface area contributed by atoms with Crippen LogP contribution in [0.2, 0.25) is 0 Å². The maximum absolute atomic E-state index is 12.8. The molecule has 30 heavy (non-hydrogen) atoms. The smallest absolute Gasteiger partial charge is 0.253 e. The third-order valence-electron chi connectivity index (χ3n) is 6.06. The summed E-state index contributed by atoms with van der Waals surface area (Å²) >= 11 is 0. The number of aromatic nitrogens is 2. The molecule has 0 N–H and O–H groups in total. The molecule has 2 aliphatic heterocycles. The number of nitrogens with zero attached hydrogens (tertiary/aromatic N) is 4. The Kier molecular flexibility index (Phi) is 5.48. The van der Waals surface area contributed by atoms with Crippen LogP contribution in [0.5, 0.6) is 5.75 Å². The van der Waals surface area contributed by atoms with Crippen LogP contribution in [-0.2, 0) is 9.84 Å². The van der Waals surface area contributed by atoms with E-state index < -0.39 is 9.84 Å². The molecule has 2 aliphatic rings. The molecule has 8 nitrogen and oxygen atoms in total. The van der Waals surface area contributed by atoms with Crippen molar-refractivity contribution in [2.75, 3.05) is 49.7 Å². The number of benzene rings is 1. The molecule has 1 aromatic carbocycles. The number of sulfone groups is 1. The largest absolute Gasteiger partial charge is 0.497 e. The Balaban J connectivity index is 1.44. The van der Waals surface area contributed by atoms with Crippen LogP contribution < -0.4 is 9.64 Å². The summed E-state index contributed by atoms with van der Waals surface area (Å²) in [6.45, 7) is 6.68. The highest BCUT2D eigenvalue weighted by atomic mass is 32.2. The van der Waals surface area contributed by atoms with Crippen molar-refractivity contribution in [3.05, 3.63) is 41.2 Å². The monoisotopic (exact) mass is 432 g/mol. The lowest BCUT2D eigenvalue weighted by atomic mass is 10.1. The molecule has 1 amide bonds. The van der Waals surface area contributed by atoms with Crippen LogP contribution in [0.4, 0.5) is 5.69 Å². The average Bonchev–Trinajstić information content (AvgIpc) is 3.25. The zero-order valence-electron chi connectivity index (χ0n) is 17.7. The second kappa shape index (κ2) is 7.94. The van der Waals surface area contributed by atoms with Gasteiger partial charge in [0.25, 0.3) is 5.91 Å². The first-order chi connectivity index (χ1) is 14.3. The van der Waals surface area contributed by atoms with Gasteiger partial charge in [-0.3, -0.25) is 9.48 Å². The van der Waals surface area contributed by atoms with E-state index in [1.165, 1.54) is 0 Å². The van der Waals surface area contributed by atoms with Crippen LogP contribution in [0.3, 0.4) is 0 Å². The zero-order chi connectivity index (χ0) is 21.5. The van der Waals surface area contributed by atoms with Crippen LogP contribution in [-0.4, -0.2) is 73.8 Å². The molecule has 0 spiro atoms. The molecule has 1 atom stereocenters. The molecule has 2 saturated heterocycles. The van der Waals surface area contributed by atoms with E-state index in [1.54, 1.807) is 31.4 Å². The SMILES string of the molecule is COc1ccc(C(=O)N2CCN(c3c(C)nn(C4CCS(=O)(=O)C4)c3C)CC2)cc1. The van der Waals surface area contributed by atoms with Crippen molar-refractivity contribution in [1.82, 2.24) is 14.7 Å². The topological polar surface area (TPSA) is 84.7 Å². The van der Waals surface area contributed by atoms with Crippen molar-refractivity contribution in [3.8, 4) is 5.75 Å². The van der Waals surface area contributed by atoms with E-state index in [2.05, 4.69) is 10.00 Å². The molecule has 0 aliphatic carbocycles. The van der Waals surface area contributed by atoms with Gasteiger partial charge in [-0.25, -0.2) is 8.42 Å². The maximum atomic E-state index is 12.8. The Morgan fingerprint density at radius 2 is 1.77 bits per heavy atom. The number of hydrogen-bond donors (Lipinski definition) is 0. The molecule has 3 heterocycles. The van der Waals surface area contributed by atoms with Gasteiger partial charge in [0, 0.05) is 31.7 Å². The van der Waals surface area contributed by atoms with Crippen molar-refractivity contribution in [3.63, 3.8) is 0 Å². The molecule has 0 bridgehead atoms. The highest BCUT2D eigenvalue weighted by Gasteiger charge is 2.33. The van der Waals surface area contributed by atoms with Gasteiger partial charge in [-0.15, -0.1) is 0 Å². The first kappa shape index (κ1) is 20.7. The van der Waals surface area contributed by atoms with E-state index in [1.807, 2.05) is 23.4 Å². The molecule has 1 unspecified atom stereocenters. The van der Waals surface area contributed by atoms with Gasteiger partial charge in [0.05, 0.1) is 41.7 Å². The molecular formula is C21H28N4O4S. The van der Waals surface area contributed by atoms with Crippen LogP contribution >= 0.6 is 0 Å². The van der Waals surface area contributed by atoms with Gasteiger partial charge in [-0.05, 0) is 44.5 Å². The zero-order valence-corrected chi connectivity index (χ0v) is 18.5. The number of methoxy groups -OCH3 is 1. The maximum Gasteiger partial charge on any atom is 0.253 e. The molecule has 9 heteroatoms. The van der Waals surface area contributed by atoms with Crippen LogP contribution in [0, 0.1) is 13.8 Å². The number of rotatable bonds is 4. The fourth-order valence-electron chi connectivity index (χ4n) is 4.49. The number of carbonyl (C=O) groups excluding carboxylic acids is 1. The Hall–Kier alpha value is -2.55. The molecule has 2 aromatic rings. The number of aryl methyl sites for hydroxylation is 1. The van der Waals surface area contributed by atoms with E-state index >= 15 is 0 Å². The molecule has 0 radical (unpaired) electrons. The predicted octanol–water partition coefficient (Wildman–Crippen LogP) is 1.83. The van der Waals surface area contributed by atoms with Gasteiger partial charge in [0.15, 0.2) is 9.84 Å². The van der Waals surface area contributed by atoms with E-state index in [9.17, 15) is 13.2 Å². The standard InChI is InChI=1S/C21H28N4O4S/c1-15-20(16(2)25(22-15)18-8-13-30(27,28)14-18)23-9-11-24(12-10-23)21(26)17-4-6-19(29-3)7-5-17/h4-7,18H,8-14H2,1-3H3. The molecule has 4 rings (SSSR count). The second-order valence-corrected chi connectivity index (χ2v) is 10.3. The Bertz CT molecular complexity index is 1040. The van der Waals surface area contributed by atoms with E-state index in [0.717, 1.165) is 35.9 Å². The molecular weight excluding hydrogens is 404 g/mol. The van der Waals surface area contributed by atoms with E-state index in [0.29, 0.717) is 25.1 Å². The molecule has 1 aromatic heterocycles. The molecule has 0 saturated carbocycles. The lowest BCUT2D eigenvalue weighted by Gasteiger charge is -2.36. The third-order valence-corrected chi connectivity index (χ3v) is 7.81. The fraction of sp³-hybridized carbons (Fsp3) is 0.524. The summed E-state index contributed by atoms with van der Waals surface area (Å²) in [4.78, 5) is 16.9. The van der Waals surface area contributed by atoms with Crippen molar-refractivity contribution in [1.29, 1.82) is 0 Å². The summed E-state index contributed by atoms with van der Waals surface area (Å²) in [7, 11) is -1.36. The number of ether oxygens (including phenoxy) is 1. The Labute approximate surface area is 177 Å². The number of carbonyl (C=O) groups is 1. The average molecular weight is 433 g/mol. The van der Waals surface area contributed by atoms with Crippen molar-refractivity contribution >= 4 is 21.4 Å². The lowest BCUT2D eigenvalue weighted by Crippen LogP contribution is -2.49. The summed E-state index contributed by atoms with van der Waals surface area (Å²) in [6.07, 6.45) is 0.619. The first-order valence-corrected chi connectivity index (χ1v) is 12.1. The van der Waals surface area contributed by atoms with Crippen molar-refractivity contribution < 1.29 is 17.9 Å². The van der Waals surface area contributed by atoms with Gasteiger partial charge < -0.3 is 14.5 Å². The predicted molar refractivity (Wildman–Crippen MR) is 115 cm³/mol. The fourth-order valence-corrected chi connectivity index (χ4v) is 6.18. The molecule has 162 valence electrons. The number of hydrogen-bond acceptors (Lipinski definition) is 6. The summed E-state index contributed by atoms with van der Waals surface area (Å²) in [5.74, 6) is 1.16. The van der Waals surface area contributed by atoms with Crippen LogP contribution in [0.25, 0.3) is 0 Å². The first-order valence-electron chi connectivity index (χ1n) is 10.2. The summed E-state index contributed by atoms with van der Waals surface area (Å²) in [5.41, 5.74) is 3.64. The van der Waals surface area contributed by atoms with Gasteiger partial charge in [0.1, 0.15) is 5.75 Å². The number of amides is 1. The van der Waals surface area contributed by atoms with Crippen molar-refractivity contribution in [2.24, 2.45) is 0 Å².